The van der Waals surface area contributed by atoms with Gasteiger partial charge in [-0.1, -0.05) is 0 Å². The summed E-state index contributed by atoms with van der Waals surface area (Å²) in [5.74, 6) is 0.887. The average molecular weight is 237 g/mol. The molecule has 5 nitrogen and oxygen atoms in total. The van der Waals surface area contributed by atoms with Crippen molar-refractivity contribution in [3.05, 3.63) is 30.5 Å². The number of carbonyl (C=O) groups is 1. The first-order valence-corrected chi connectivity index (χ1v) is 4.93. The number of hydrogen-bond acceptors (Lipinski definition) is 4. The topological polar surface area (TPSA) is 56.8 Å². The molecule has 17 heavy (non-hydrogen) atoms. The molecule has 0 bridgehead atoms. The average Bonchev–Trinajstić information content (AvgIpc) is 2.36. The van der Waals surface area contributed by atoms with E-state index in [1.165, 1.54) is 26.6 Å². The zero-order chi connectivity index (χ0) is 12.7. The van der Waals surface area contributed by atoms with Gasteiger partial charge in [0, 0.05) is 17.8 Å². The Morgan fingerprint density at radius 2 is 1.88 bits per heavy atom. The third-order valence-electron chi connectivity index (χ3n) is 2.01. The first kappa shape index (κ1) is 12.9. The molecule has 5 heteroatoms. The lowest BCUT2D eigenvalue weighted by Crippen LogP contribution is -2.08. The minimum Gasteiger partial charge on any atom is -0.504 e. The van der Waals surface area contributed by atoms with Crippen molar-refractivity contribution in [1.82, 2.24) is 0 Å². The summed E-state index contributed by atoms with van der Waals surface area (Å²) >= 11 is 0. The summed E-state index contributed by atoms with van der Waals surface area (Å²) in [6.45, 7) is 0. The molecule has 0 saturated carbocycles. The maximum Gasteiger partial charge on any atom is 0.251 e. The summed E-state index contributed by atoms with van der Waals surface area (Å²) in [7, 11) is 4.56. The quantitative estimate of drug-likeness (QED) is 0.626. The molecule has 0 unspecified atom stereocenters. The molecule has 1 N–H and O–H groups in total. The van der Waals surface area contributed by atoms with E-state index in [1.54, 1.807) is 25.3 Å². The fourth-order valence-corrected chi connectivity index (χ4v) is 1.23. The Balaban J connectivity index is 2.79. The van der Waals surface area contributed by atoms with Gasteiger partial charge >= 0.3 is 0 Å². The van der Waals surface area contributed by atoms with Crippen LogP contribution in [-0.4, -0.2) is 27.2 Å². The Bertz CT molecular complexity index is 415. The Morgan fingerprint density at radius 1 is 1.18 bits per heavy atom. The van der Waals surface area contributed by atoms with Gasteiger partial charge in [0.25, 0.3) is 5.91 Å². The Kier molecular flexibility index (Phi) is 4.87. The van der Waals surface area contributed by atoms with Crippen LogP contribution in [0.2, 0.25) is 0 Å². The van der Waals surface area contributed by atoms with Crippen LogP contribution in [0.3, 0.4) is 0 Å². The highest BCUT2D eigenvalue weighted by Gasteiger charge is 2.05. The van der Waals surface area contributed by atoms with Gasteiger partial charge in [0.05, 0.1) is 27.6 Å². The second kappa shape index (κ2) is 6.42. The molecular formula is C12H15NO4. The monoisotopic (exact) mass is 237 g/mol. The van der Waals surface area contributed by atoms with Gasteiger partial charge in [-0.15, -0.1) is 0 Å². The summed E-state index contributed by atoms with van der Waals surface area (Å²) in [6.07, 6.45) is 2.59. The lowest BCUT2D eigenvalue weighted by Gasteiger charge is -2.09. The van der Waals surface area contributed by atoms with Gasteiger partial charge in [-0.05, 0) is 12.1 Å². The van der Waals surface area contributed by atoms with Gasteiger partial charge in [0.1, 0.15) is 0 Å². The van der Waals surface area contributed by atoms with Crippen molar-refractivity contribution in [1.29, 1.82) is 0 Å². The van der Waals surface area contributed by atoms with Crippen molar-refractivity contribution >= 4 is 11.6 Å². The van der Waals surface area contributed by atoms with Crippen LogP contribution in [0.15, 0.2) is 30.5 Å². The number of ether oxygens (including phenoxy) is 3. The van der Waals surface area contributed by atoms with Crippen molar-refractivity contribution in [2.24, 2.45) is 0 Å². The van der Waals surface area contributed by atoms with Gasteiger partial charge in [-0.2, -0.15) is 0 Å². The number of amides is 1. The lowest BCUT2D eigenvalue weighted by molar-refractivity contribution is -0.112. The highest BCUT2D eigenvalue weighted by molar-refractivity contribution is 5.99. The molecule has 0 aliphatic carbocycles. The minimum atomic E-state index is -0.279. The molecule has 92 valence electrons. The van der Waals surface area contributed by atoms with Crippen LogP contribution >= 0.6 is 0 Å². The van der Waals surface area contributed by atoms with Crippen molar-refractivity contribution in [2.45, 2.75) is 0 Å². The van der Waals surface area contributed by atoms with Crippen LogP contribution in [0, 0.1) is 0 Å². The number of rotatable bonds is 5. The number of methoxy groups -OCH3 is 3. The predicted molar refractivity (Wildman–Crippen MR) is 64.3 cm³/mol. The zero-order valence-corrected chi connectivity index (χ0v) is 10.0. The van der Waals surface area contributed by atoms with E-state index in [0.29, 0.717) is 17.2 Å². The van der Waals surface area contributed by atoms with Gasteiger partial charge < -0.3 is 19.5 Å². The normalized spacial score (nSPS) is 10.1. The van der Waals surface area contributed by atoms with Crippen LogP contribution in [0.5, 0.6) is 11.5 Å². The molecule has 1 rings (SSSR count). The summed E-state index contributed by atoms with van der Waals surface area (Å²) in [5, 5.41) is 2.66. The highest BCUT2D eigenvalue weighted by atomic mass is 16.5. The third-order valence-corrected chi connectivity index (χ3v) is 2.01. The molecule has 1 aromatic carbocycles. The maximum atomic E-state index is 11.4. The fraction of sp³-hybridized carbons (Fsp3) is 0.250. The predicted octanol–water partition coefficient (Wildman–Crippen LogP) is 1.80. The van der Waals surface area contributed by atoms with E-state index in [1.807, 2.05) is 0 Å². The van der Waals surface area contributed by atoms with E-state index in [-0.39, 0.29) is 5.91 Å². The SMILES string of the molecule is COC=CC(=O)Nc1ccc(OC)c(OC)c1. The Labute approximate surface area is 100.0 Å². The highest BCUT2D eigenvalue weighted by Crippen LogP contribution is 2.29. The van der Waals surface area contributed by atoms with E-state index in [0.717, 1.165) is 0 Å². The standard InChI is InChI=1S/C12H15NO4/c1-15-7-6-12(14)13-9-4-5-10(16-2)11(8-9)17-3/h4-8H,1-3H3,(H,13,14). The smallest absolute Gasteiger partial charge is 0.251 e. The minimum absolute atomic E-state index is 0.279. The van der Waals surface area contributed by atoms with Crippen LogP contribution in [0.1, 0.15) is 0 Å². The molecule has 0 aromatic heterocycles. The molecular weight excluding hydrogens is 222 g/mol. The van der Waals surface area contributed by atoms with Gasteiger partial charge in [-0.25, -0.2) is 0 Å². The van der Waals surface area contributed by atoms with Gasteiger partial charge in [-0.3, -0.25) is 4.79 Å². The van der Waals surface area contributed by atoms with Crippen LogP contribution in [0.4, 0.5) is 5.69 Å². The molecule has 0 aliphatic rings. The summed E-state index contributed by atoms with van der Waals surface area (Å²) in [4.78, 5) is 11.4. The number of anilines is 1. The van der Waals surface area contributed by atoms with Crippen molar-refractivity contribution < 1.29 is 19.0 Å². The zero-order valence-electron chi connectivity index (χ0n) is 10.0. The summed E-state index contributed by atoms with van der Waals surface area (Å²) in [6, 6.07) is 5.12. The molecule has 0 fully saturated rings. The Hall–Kier alpha value is -2.17. The van der Waals surface area contributed by atoms with Crippen LogP contribution in [-0.2, 0) is 9.53 Å². The molecule has 0 radical (unpaired) electrons. The molecule has 0 aliphatic heterocycles. The lowest BCUT2D eigenvalue weighted by atomic mass is 10.2. The van der Waals surface area contributed by atoms with E-state index in [9.17, 15) is 4.79 Å². The number of benzene rings is 1. The van der Waals surface area contributed by atoms with E-state index in [2.05, 4.69) is 10.1 Å². The maximum absolute atomic E-state index is 11.4. The second-order valence-corrected chi connectivity index (χ2v) is 3.10. The van der Waals surface area contributed by atoms with E-state index in [4.69, 9.17) is 9.47 Å². The molecule has 1 aromatic rings. The number of nitrogens with one attached hydrogen (secondary N) is 1. The molecule has 0 saturated heterocycles. The molecule has 1 amide bonds. The summed E-state index contributed by atoms with van der Waals surface area (Å²) in [5.41, 5.74) is 0.619. The van der Waals surface area contributed by atoms with E-state index < -0.39 is 0 Å². The summed E-state index contributed by atoms with van der Waals surface area (Å²) < 4.78 is 14.9. The molecule has 0 atom stereocenters. The van der Waals surface area contributed by atoms with Crippen molar-refractivity contribution in [3.63, 3.8) is 0 Å². The van der Waals surface area contributed by atoms with E-state index >= 15 is 0 Å². The van der Waals surface area contributed by atoms with Crippen LogP contribution < -0.4 is 14.8 Å². The molecule has 0 spiro atoms. The van der Waals surface area contributed by atoms with Gasteiger partial charge in [0.15, 0.2) is 11.5 Å². The first-order chi connectivity index (χ1) is 8.21. The third kappa shape index (κ3) is 3.71. The Morgan fingerprint density at radius 3 is 2.47 bits per heavy atom. The van der Waals surface area contributed by atoms with Crippen molar-refractivity contribution in [3.8, 4) is 11.5 Å². The van der Waals surface area contributed by atoms with Gasteiger partial charge in [0.2, 0.25) is 0 Å². The number of hydrogen-bond donors (Lipinski definition) is 1. The first-order valence-electron chi connectivity index (χ1n) is 4.93. The second-order valence-electron chi connectivity index (χ2n) is 3.10. The van der Waals surface area contributed by atoms with Crippen molar-refractivity contribution in [2.75, 3.05) is 26.6 Å². The van der Waals surface area contributed by atoms with Crippen LogP contribution in [0.25, 0.3) is 0 Å². The largest absolute Gasteiger partial charge is 0.504 e. The number of carbonyl (C=O) groups excluding carboxylic acids is 1. The fourth-order valence-electron chi connectivity index (χ4n) is 1.23. The molecule has 0 heterocycles.